The molecule has 0 radical (unpaired) electrons. The predicted molar refractivity (Wildman–Crippen MR) is 49.4 cm³/mol. The quantitative estimate of drug-likeness (QED) is 0.718. The molecule has 2 aliphatic heterocycles. The van der Waals surface area contributed by atoms with Gasteiger partial charge in [0.05, 0.1) is 0 Å². The molecule has 2 aliphatic rings. The van der Waals surface area contributed by atoms with Gasteiger partial charge in [-0.05, 0) is 31.6 Å². The molecule has 2 fully saturated rings. The maximum absolute atomic E-state index is 10.5. The molecular formula is C9H14O2S. The fourth-order valence-corrected chi connectivity index (χ4v) is 4.24. The van der Waals surface area contributed by atoms with Crippen LogP contribution in [0.25, 0.3) is 0 Å². The molecule has 2 unspecified atom stereocenters. The summed E-state index contributed by atoms with van der Waals surface area (Å²) in [5.41, 5.74) is 0. The molecule has 1 N–H and O–H groups in total. The molecule has 0 aromatic rings. The smallest absolute Gasteiger partial charge is 0.303 e. The third kappa shape index (κ3) is 1.76. The first kappa shape index (κ1) is 8.42. The number of carbonyl (C=O) groups is 1. The van der Waals surface area contributed by atoms with Crippen molar-refractivity contribution in [3.05, 3.63) is 0 Å². The zero-order valence-corrected chi connectivity index (χ0v) is 7.85. The van der Waals surface area contributed by atoms with E-state index in [2.05, 4.69) is 11.8 Å². The standard InChI is InChI=1S/C9H14O2S/c10-9(11)5-6-3-7-1-2-8(4-6)12-7/h6-8H,1-5H2,(H,10,11). The van der Waals surface area contributed by atoms with Crippen LogP contribution in [-0.4, -0.2) is 21.6 Å². The molecule has 2 saturated heterocycles. The molecule has 0 amide bonds. The number of carboxylic acids is 1. The highest BCUT2D eigenvalue weighted by Gasteiger charge is 2.35. The van der Waals surface area contributed by atoms with E-state index in [0.717, 1.165) is 23.3 Å². The molecule has 2 atom stereocenters. The van der Waals surface area contributed by atoms with E-state index in [1.54, 1.807) is 0 Å². The van der Waals surface area contributed by atoms with Gasteiger partial charge in [0.15, 0.2) is 0 Å². The van der Waals surface area contributed by atoms with Crippen LogP contribution in [0.2, 0.25) is 0 Å². The lowest BCUT2D eigenvalue weighted by molar-refractivity contribution is -0.138. The summed E-state index contributed by atoms with van der Waals surface area (Å²) >= 11 is 2.09. The number of hydrogen-bond donors (Lipinski definition) is 1. The zero-order valence-electron chi connectivity index (χ0n) is 7.03. The Morgan fingerprint density at radius 2 is 1.92 bits per heavy atom. The highest BCUT2D eigenvalue weighted by Crippen LogP contribution is 2.46. The van der Waals surface area contributed by atoms with Crippen LogP contribution in [0, 0.1) is 5.92 Å². The Hall–Kier alpha value is -0.180. The van der Waals surface area contributed by atoms with Crippen LogP contribution in [0.1, 0.15) is 32.1 Å². The largest absolute Gasteiger partial charge is 0.481 e. The lowest BCUT2D eigenvalue weighted by atomic mass is 9.96. The van der Waals surface area contributed by atoms with Gasteiger partial charge in [-0.1, -0.05) is 0 Å². The second-order valence-corrected chi connectivity index (χ2v) is 5.50. The number of aliphatic carboxylic acids is 1. The molecule has 2 bridgehead atoms. The first-order valence-corrected chi connectivity index (χ1v) is 5.55. The van der Waals surface area contributed by atoms with Crippen LogP contribution in [0.15, 0.2) is 0 Å². The Morgan fingerprint density at radius 1 is 1.33 bits per heavy atom. The average Bonchev–Trinajstić information content (AvgIpc) is 2.29. The van der Waals surface area contributed by atoms with E-state index in [1.165, 1.54) is 12.8 Å². The Labute approximate surface area is 76.7 Å². The summed E-state index contributed by atoms with van der Waals surface area (Å²) in [6.45, 7) is 0. The highest BCUT2D eigenvalue weighted by molar-refractivity contribution is 8.00. The van der Waals surface area contributed by atoms with Gasteiger partial charge < -0.3 is 5.11 Å². The van der Waals surface area contributed by atoms with Gasteiger partial charge in [0, 0.05) is 16.9 Å². The maximum Gasteiger partial charge on any atom is 0.303 e. The van der Waals surface area contributed by atoms with Gasteiger partial charge in [0.2, 0.25) is 0 Å². The van der Waals surface area contributed by atoms with Crippen molar-refractivity contribution in [3.8, 4) is 0 Å². The van der Waals surface area contributed by atoms with Crippen LogP contribution in [-0.2, 0) is 4.79 Å². The molecule has 0 aliphatic carbocycles. The molecule has 68 valence electrons. The van der Waals surface area contributed by atoms with Crippen molar-refractivity contribution in [2.45, 2.75) is 42.6 Å². The van der Waals surface area contributed by atoms with Crippen molar-refractivity contribution in [2.24, 2.45) is 5.92 Å². The van der Waals surface area contributed by atoms with Crippen molar-refractivity contribution < 1.29 is 9.90 Å². The molecule has 0 spiro atoms. The fourth-order valence-electron chi connectivity index (χ4n) is 2.38. The van der Waals surface area contributed by atoms with Crippen LogP contribution >= 0.6 is 11.8 Å². The molecule has 2 rings (SSSR count). The van der Waals surface area contributed by atoms with E-state index < -0.39 is 5.97 Å². The minimum absolute atomic E-state index is 0.396. The topological polar surface area (TPSA) is 37.3 Å². The van der Waals surface area contributed by atoms with Crippen LogP contribution in [0.5, 0.6) is 0 Å². The number of fused-ring (bicyclic) bond motifs is 2. The molecular weight excluding hydrogens is 172 g/mol. The normalized spacial score (nSPS) is 39.8. The summed E-state index contributed by atoms with van der Waals surface area (Å²) in [7, 11) is 0. The maximum atomic E-state index is 10.5. The van der Waals surface area contributed by atoms with E-state index >= 15 is 0 Å². The summed E-state index contributed by atoms with van der Waals surface area (Å²) < 4.78 is 0. The number of hydrogen-bond acceptors (Lipinski definition) is 2. The molecule has 3 heteroatoms. The van der Waals surface area contributed by atoms with Gasteiger partial charge in [-0.3, -0.25) is 4.79 Å². The van der Waals surface area contributed by atoms with E-state index in [0.29, 0.717) is 12.3 Å². The Morgan fingerprint density at radius 3 is 2.42 bits per heavy atom. The number of carboxylic acid groups (broad SMARTS) is 1. The van der Waals surface area contributed by atoms with Crippen molar-refractivity contribution >= 4 is 17.7 Å². The predicted octanol–water partition coefficient (Wildman–Crippen LogP) is 2.14. The van der Waals surface area contributed by atoms with Crippen molar-refractivity contribution in [1.29, 1.82) is 0 Å². The Balaban J connectivity index is 1.89. The lowest BCUT2D eigenvalue weighted by Gasteiger charge is -2.25. The molecule has 0 aromatic carbocycles. The van der Waals surface area contributed by atoms with E-state index in [4.69, 9.17) is 5.11 Å². The van der Waals surface area contributed by atoms with Gasteiger partial charge in [0.25, 0.3) is 0 Å². The third-order valence-corrected chi connectivity index (χ3v) is 4.48. The second-order valence-electron chi connectivity index (χ2n) is 3.89. The number of rotatable bonds is 2. The van der Waals surface area contributed by atoms with Gasteiger partial charge in [-0.2, -0.15) is 11.8 Å². The van der Waals surface area contributed by atoms with Crippen LogP contribution in [0.4, 0.5) is 0 Å². The summed E-state index contributed by atoms with van der Waals surface area (Å²) in [5, 5.41) is 10.2. The van der Waals surface area contributed by atoms with Gasteiger partial charge in [-0.15, -0.1) is 0 Å². The lowest BCUT2D eigenvalue weighted by Crippen LogP contribution is -2.19. The van der Waals surface area contributed by atoms with Crippen molar-refractivity contribution in [1.82, 2.24) is 0 Å². The monoisotopic (exact) mass is 186 g/mol. The molecule has 2 heterocycles. The number of thioether (sulfide) groups is 1. The van der Waals surface area contributed by atoms with Crippen molar-refractivity contribution in [3.63, 3.8) is 0 Å². The van der Waals surface area contributed by atoms with E-state index in [1.807, 2.05) is 0 Å². The average molecular weight is 186 g/mol. The highest BCUT2D eigenvalue weighted by atomic mass is 32.2. The summed E-state index contributed by atoms with van der Waals surface area (Å²) in [5.74, 6) is -0.146. The second kappa shape index (κ2) is 3.29. The van der Waals surface area contributed by atoms with E-state index in [9.17, 15) is 4.79 Å². The summed E-state index contributed by atoms with van der Waals surface area (Å²) in [4.78, 5) is 10.5. The first-order valence-electron chi connectivity index (χ1n) is 4.61. The fraction of sp³-hybridized carbons (Fsp3) is 0.889. The molecule has 0 aromatic heterocycles. The Bertz CT molecular complexity index is 181. The summed E-state index contributed by atoms with van der Waals surface area (Å²) in [6, 6.07) is 0. The summed E-state index contributed by atoms with van der Waals surface area (Å²) in [6.07, 6.45) is 5.34. The van der Waals surface area contributed by atoms with Crippen LogP contribution in [0.3, 0.4) is 0 Å². The van der Waals surface area contributed by atoms with Gasteiger partial charge in [-0.25, -0.2) is 0 Å². The molecule has 0 saturated carbocycles. The van der Waals surface area contributed by atoms with Gasteiger partial charge >= 0.3 is 5.97 Å². The molecule has 2 nitrogen and oxygen atoms in total. The molecule has 12 heavy (non-hydrogen) atoms. The SMILES string of the molecule is O=C(O)CC1CC2CCC(C1)S2. The van der Waals surface area contributed by atoms with E-state index in [-0.39, 0.29) is 0 Å². The van der Waals surface area contributed by atoms with Gasteiger partial charge in [0.1, 0.15) is 0 Å². The van der Waals surface area contributed by atoms with Crippen molar-refractivity contribution in [2.75, 3.05) is 0 Å². The Kier molecular flexibility index (Phi) is 2.31. The van der Waals surface area contributed by atoms with Crippen LogP contribution < -0.4 is 0 Å². The third-order valence-electron chi connectivity index (χ3n) is 2.85. The minimum Gasteiger partial charge on any atom is -0.481 e. The minimum atomic E-state index is -0.619. The zero-order chi connectivity index (χ0) is 8.55. The first-order chi connectivity index (χ1) is 5.74.